The highest BCUT2D eigenvalue weighted by molar-refractivity contribution is 6.09. The zero-order valence-electron chi connectivity index (χ0n) is 30.9. The van der Waals surface area contributed by atoms with Crippen molar-refractivity contribution < 1.29 is 4.42 Å². The summed E-state index contributed by atoms with van der Waals surface area (Å²) in [6, 6.07) is 54.8. The van der Waals surface area contributed by atoms with Crippen molar-refractivity contribution in [3.05, 3.63) is 198 Å². The lowest BCUT2D eigenvalue weighted by Crippen LogP contribution is -2.40. The van der Waals surface area contributed by atoms with E-state index in [0.29, 0.717) is 0 Å². The second kappa shape index (κ2) is 12.7. The van der Waals surface area contributed by atoms with Crippen molar-refractivity contribution in [3.63, 3.8) is 0 Å². The molecule has 1 N–H and O–H groups in total. The Labute approximate surface area is 326 Å². The molecule has 0 saturated carbocycles. The largest absolute Gasteiger partial charge is 0.455 e. The van der Waals surface area contributed by atoms with Crippen LogP contribution in [0.5, 0.6) is 0 Å². The molecule has 1 aromatic heterocycles. The summed E-state index contributed by atoms with van der Waals surface area (Å²) in [5, 5.41) is 7.14. The van der Waals surface area contributed by atoms with Gasteiger partial charge in [-0.2, -0.15) is 0 Å². The molecule has 8 aromatic rings. The molecule has 0 fully saturated rings. The number of nitrogens with one attached hydrogen (secondary N) is 1. The van der Waals surface area contributed by atoms with Gasteiger partial charge in [-0.25, -0.2) is 0 Å². The molecule has 1 aliphatic heterocycles. The number of hydrogen-bond acceptors (Lipinski definition) is 3. The summed E-state index contributed by atoms with van der Waals surface area (Å²) in [5.74, 6) is 0.834. The van der Waals surface area contributed by atoms with Gasteiger partial charge in [-0.1, -0.05) is 133 Å². The third-order valence-corrected chi connectivity index (χ3v) is 11.7. The highest BCUT2D eigenvalue weighted by Gasteiger charge is 2.45. The van der Waals surface area contributed by atoms with Crippen molar-refractivity contribution in [1.29, 1.82) is 0 Å². The van der Waals surface area contributed by atoms with Crippen LogP contribution in [0.3, 0.4) is 0 Å². The summed E-state index contributed by atoms with van der Waals surface area (Å²) in [6.45, 7) is 2.39. The SMILES string of the molecule is CC12CC=CC=C1c1cc(-c3ccc(-c4ccccc4Nc4ccccc4)cc3)ccc1N2c1cccc2c(-c3ccc4c5c(oc4c3)C=C=C=C5)cccc12. The van der Waals surface area contributed by atoms with Gasteiger partial charge in [-0.15, -0.1) is 0 Å². The van der Waals surface area contributed by atoms with Gasteiger partial charge in [0.2, 0.25) is 0 Å². The van der Waals surface area contributed by atoms with E-state index >= 15 is 0 Å². The van der Waals surface area contributed by atoms with Crippen LogP contribution < -0.4 is 10.2 Å². The molecule has 1 unspecified atom stereocenters. The van der Waals surface area contributed by atoms with Gasteiger partial charge in [-0.05, 0) is 101 Å². The topological polar surface area (TPSA) is 28.4 Å². The Kier molecular flexibility index (Phi) is 7.27. The van der Waals surface area contributed by atoms with Crippen molar-refractivity contribution >= 4 is 62.2 Å². The Morgan fingerprint density at radius 2 is 1.34 bits per heavy atom. The van der Waals surface area contributed by atoms with Crippen LogP contribution >= 0.6 is 0 Å². The van der Waals surface area contributed by atoms with Gasteiger partial charge in [0, 0.05) is 62.4 Å². The highest BCUT2D eigenvalue weighted by Crippen LogP contribution is 2.56. The summed E-state index contributed by atoms with van der Waals surface area (Å²) in [5.41, 5.74) is 22.1. The Balaban J connectivity index is 0.969. The van der Waals surface area contributed by atoms with Gasteiger partial charge in [0.15, 0.2) is 0 Å². The number of allylic oxidation sites excluding steroid dienone is 2. The Hall–Kier alpha value is -7.28. The number of furan rings is 1. The van der Waals surface area contributed by atoms with E-state index < -0.39 is 0 Å². The Bertz CT molecular complexity index is 3060. The first-order chi connectivity index (χ1) is 27.6. The molecule has 7 aromatic carbocycles. The first kappa shape index (κ1) is 32.2. The third kappa shape index (κ3) is 5.08. The van der Waals surface area contributed by atoms with Crippen molar-refractivity contribution in [2.45, 2.75) is 18.9 Å². The molecule has 264 valence electrons. The van der Waals surface area contributed by atoms with Crippen molar-refractivity contribution in [2.75, 3.05) is 10.2 Å². The van der Waals surface area contributed by atoms with Crippen LogP contribution in [0.1, 0.15) is 30.2 Å². The van der Waals surface area contributed by atoms with E-state index in [1.807, 2.05) is 18.2 Å². The van der Waals surface area contributed by atoms with Gasteiger partial charge in [0.1, 0.15) is 11.3 Å². The summed E-state index contributed by atoms with van der Waals surface area (Å²) in [7, 11) is 0. The number of para-hydroxylation sites is 2. The van der Waals surface area contributed by atoms with Crippen LogP contribution in [0.2, 0.25) is 0 Å². The van der Waals surface area contributed by atoms with Crippen LogP contribution in [-0.2, 0) is 0 Å². The number of benzene rings is 7. The zero-order chi connectivity index (χ0) is 37.2. The molecule has 0 saturated heterocycles. The fraction of sp³-hybridized carbons (Fsp3) is 0.0566. The minimum absolute atomic E-state index is 0.236. The average molecular weight is 717 g/mol. The van der Waals surface area contributed by atoms with E-state index in [0.717, 1.165) is 45.7 Å². The predicted octanol–water partition coefficient (Wildman–Crippen LogP) is 14.4. The molecule has 0 spiro atoms. The number of rotatable bonds is 6. The van der Waals surface area contributed by atoms with Crippen LogP contribution in [0.15, 0.2) is 186 Å². The molecule has 2 aliphatic carbocycles. The van der Waals surface area contributed by atoms with Crippen LogP contribution in [-0.4, -0.2) is 5.54 Å². The third-order valence-electron chi connectivity index (χ3n) is 11.7. The average Bonchev–Trinajstić information content (AvgIpc) is 3.75. The Morgan fingerprint density at radius 1 is 0.589 bits per heavy atom. The molecule has 3 aliphatic rings. The predicted molar refractivity (Wildman–Crippen MR) is 234 cm³/mol. The normalized spacial score (nSPS) is 16.2. The smallest absolute Gasteiger partial charge is 0.144 e. The van der Waals surface area contributed by atoms with E-state index in [9.17, 15) is 0 Å². The molecular formula is C53H36N2O. The molecule has 0 radical (unpaired) electrons. The Morgan fingerprint density at radius 3 is 2.25 bits per heavy atom. The number of fused-ring (bicyclic) bond motifs is 7. The maximum absolute atomic E-state index is 6.26. The molecular weight excluding hydrogens is 681 g/mol. The summed E-state index contributed by atoms with van der Waals surface area (Å²) in [4.78, 5) is 2.59. The van der Waals surface area contributed by atoms with E-state index in [2.05, 4.69) is 192 Å². The summed E-state index contributed by atoms with van der Waals surface area (Å²) >= 11 is 0. The quantitative estimate of drug-likeness (QED) is 0.174. The van der Waals surface area contributed by atoms with E-state index in [1.54, 1.807) is 0 Å². The molecule has 2 heterocycles. The van der Waals surface area contributed by atoms with Gasteiger partial charge in [-0.3, -0.25) is 0 Å². The summed E-state index contributed by atoms with van der Waals surface area (Å²) in [6.07, 6.45) is 11.6. The standard InChI is InChI=1S/C53H36N2O/c1-53-32-10-9-20-47(53)46-33-37(35-24-26-36(27-25-35)41-15-5-7-21-48(41)54-39-13-3-2-4-14-39)29-31-50(46)55(53)49-22-12-18-42-40(17-11-19-43(42)49)38-28-30-45-44-16-6-8-23-51(44)56-52(45)34-38/h2-5,7,9-31,33-34,54H,32H2,1H3. The van der Waals surface area contributed by atoms with Gasteiger partial charge in [0.25, 0.3) is 0 Å². The summed E-state index contributed by atoms with van der Waals surface area (Å²) < 4.78 is 6.26. The second-order valence-electron chi connectivity index (χ2n) is 15.0. The fourth-order valence-electron chi connectivity index (χ4n) is 9.01. The van der Waals surface area contributed by atoms with Gasteiger partial charge < -0.3 is 14.6 Å². The van der Waals surface area contributed by atoms with E-state index in [1.165, 1.54) is 61.1 Å². The fourth-order valence-corrected chi connectivity index (χ4v) is 9.01. The molecule has 0 amide bonds. The van der Waals surface area contributed by atoms with Crippen molar-refractivity contribution in [2.24, 2.45) is 0 Å². The highest BCUT2D eigenvalue weighted by atomic mass is 16.3. The van der Waals surface area contributed by atoms with E-state index in [-0.39, 0.29) is 5.54 Å². The monoisotopic (exact) mass is 716 g/mol. The minimum Gasteiger partial charge on any atom is -0.455 e. The first-order valence-corrected chi connectivity index (χ1v) is 19.2. The molecule has 11 rings (SSSR count). The van der Waals surface area contributed by atoms with Crippen LogP contribution in [0.25, 0.3) is 72.8 Å². The van der Waals surface area contributed by atoms with Crippen molar-refractivity contribution in [1.82, 2.24) is 0 Å². The minimum atomic E-state index is -0.236. The molecule has 3 nitrogen and oxygen atoms in total. The number of hydrogen-bond donors (Lipinski definition) is 1. The zero-order valence-corrected chi connectivity index (χ0v) is 30.9. The molecule has 56 heavy (non-hydrogen) atoms. The first-order valence-electron chi connectivity index (χ1n) is 19.2. The van der Waals surface area contributed by atoms with Crippen LogP contribution in [0, 0.1) is 0 Å². The number of anilines is 4. The number of nitrogens with zero attached hydrogens (tertiary/aromatic N) is 1. The lowest BCUT2D eigenvalue weighted by molar-refractivity contribution is 0.603. The molecule has 1 atom stereocenters. The second-order valence-corrected chi connectivity index (χ2v) is 15.0. The van der Waals surface area contributed by atoms with Gasteiger partial charge in [0.05, 0.1) is 5.54 Å². The van der Waals surface area contributed by atoms with Gasteiger partial charge >= 0.3 is 0 Å². The van der Waals surface area contributed by atoms with Crippen LogP contribution in [0.4, 0.5) is 22.7 Å². The maximum Gasteiger partial charge on any atom is 0.144 e. The van der Waals surface area contributed by atoms with Crippen molar-refractivity contribution in [3.8, 4) is 33.4 Å². The lowest BCUT2D eigenvalue weighted by atomic mass is 9.82. The van der Waals surface area contributed by atoms with E-state index in [4.69, 9.17) is 4.42 Å². The maximum atomic E-state index is 6.26. The lowest BCUT2D eigenvalue weighted by Gasteiger charge is -2.39. The molecule has 3 heteroatoms. The molecule has 0 bridgehead atoms.